The zero-order chi connectivity index (χ0) is 19.1. The minimum atomic E-state index is -0.399. The zero-order valence-electron chi connectivity index (χ0n) is 15.5. The van der Waals surface area contributed by atoms with Gasteiger partial charge in [0.15, 0.2) is 0 Å². The lowest BCUT2D eigenvalue weighted by Gasteiger charge is -2.26. The maximum absolute atomic E-state index is 12.6. The van der Waals surface area contributed by atoms with Gasteiger partial charge in [0.05, 0.1) is 24.3 Å². The Morgan fingerprint density at radius 3 is 2.56 bits per heavy atom. The fourth-order valence-corrected chi connectivity index (χ4v) is 3.26. The number of aryl methyl sites for hydroxylation is 2. The Morgan fingerprint density at radius 1 is 1.07 bits per heavy atom. The van der Waals surface area contributed by atoms with Crippen LogP contribution in [0, 0.1) is 6.92 Å². The summed E-state index contributed by atoms with van der Waals surface area (Å²) in [5.74, 6) is 0.628. The number of morpholine rings is 1. The first kappa shape index (κ1) is 17.3. The Bertz CT molecular complexity index is 1140. The molecule has 3 aromatic heterocycles. The predicted octanol–water partition coefficient (Wildman–Crippen LogP) is 0.234. The van der Waals surface area contributed by atoms with Crippen LogP contribution in [0.15, 0.2) is 27.9 Å². The Kier molecular flexibility index (Phi) is 4.23. The van der Waals surface area contributed by atoms with Crippen molar-refractivity contribution in [3.05, 3.63) is 44.9 Å². The van der Waals surface area contributed by atoms with E-state index in [-0.39, 0.29) is 5.56 Å². The van der Waals surface area contributed by atoms with Crippen LogP contribution in [0.25, 0.3) is 22.3 Å². The Morgan fingerprint density at radius 2 is 1.81 bits per heavy atom. The molecule has 0 saturated carbocycles. The first-order chi connectivity index (χ1) is 13.0. The van der Waals surface area contributed by atoms with Crippen molar-refractivity contribution in [1.29, 1.82) is 0 Å². The molecular formula is C18H20N6O3. The van der Waals surface area contributed by atoms with Gasteiger partial charge in [0.2, 0.25) is 5.95 Å². The van der Waals surface area contributed by atoms with Crippen molar-refractivity contribution in [3.63, 3.8) is 0 Å². The Hall–Kier alpha value is -3.07. The van der Waals surface area contributed by atoms with E-state index in [0.717, 1.165) is 23.2 Å². The second-order valence-electron chi connectivity index (χ2n) is 6.54. The molecule has 3 aromatic rings. The number of hydrogen-bond donors (Lipinski definition) is 0. The van der Waals surface area contributed by atoms with Crippen molar-refractivity contribution >= 4 is 17.0 Å². The molecule has 9 nitrogen and oxygen atoms in total. The maximum Gasteiger partial charge on any atom is 0.332 e. The van der Waals surface area contributed by atoms with Crippen LogP contribution < -0.4 is 16.1 Å². The van der Waals surface area contributed by atoms with Crippen LogP contribution in [0.4, 0.5) is 5.95 Å². The van der Waals surface area contributed by atoms with Gasteiger partial charge >= 0.3 is 5.69 Å². The average Bonchev–Trinajstić information content (AvgIpc) is 2.71. The van der Waals surface area contributed by atoms with Crippen molar-refractivity contribution < 1.29 is 4.74 Å². The molecule has 4 rings (SSSR count). The molecule has 140 valence electrons. The van der Waals surface area contributed by atoms with Crippen molar-refractivity contribution in [1.82, 2.24) is 24.1 Å². The summed E-state index contributed by atoms with van der Waals surface area (Å²) in [7, 11) is 3.07. The normalized spacial score (nSPS) is 14.7. The SMILES string of the molecule is Cc1nc2c(cc1-c1ccnc(N3CCOCC3)n1)c(=O)n(C)c(=O)n2C. The molecular weight excluding hydrogens is 348 g/mol. The van der Waals surface area contributed by atoms with Crippen LogP contribution in [0.2, 0.25) is 0 Å². The van der Waals surface area contributed by atoms with E-state index in [2.05, 4.69) is 19.9 Å². The van der Waals surface area contributed by atoms with Crippen LogP contribution in [0.3, 0.4) is 0 Å². The largest absolute Gasteiger partial charge is 0.378 e. The number of nitrogens with zero attached hydrogens (tertiary/aromatic N) is 6. The monoisotopic (exact) mass is 368 g/mol. The van der Waals surface area contributed by atoms with Gasteiger partial charge in [-0.3, -0.25) is 13.9 Å². The number of rotatable bonds is 2. The number of fused-ring (bicyclic) bond motifs is 1. The summed E-state index contributed by atoms with van der Waals surface area (Å²) < 4.78 is 7.84. The Balaban J connectivity index is 1.88. The molecule has 1 aliphatic heterocycles. The molecule has 1 aliphatic rings. The third-order valence-corrected chi connectivity index (χ3v) is 4.83. The van der Waals surface area contributed by atoms with Crippen LogP contribution in [0.1, 0.15) is 5.69 Å². The molecule has 27 heavy (non-hydrogen) atoms. The molecule has 0 amide bonds. The summed E-state index contributed by atoms with van der Waals surface area (Å²) in [5.41, 5.74) is 1.72. The highest BCUT2D eigenvalue weighted by Crippen LogP contribution is 2.24. The maximum atomic E-state index is 12.6. The van der Waals surface area contributed by atoms with Crippen LogP contribution >= 0.6 is 0 Å². The van der Waals surface area contributed by atoms with Gasteiger partial charge in [0, 0.05) is 44.6 Å². The second kappa shape index (κ2) is 6.58. The molecule has 9 heteroatoms. The highest BCUT2D eigenvalue weighted by atomic mass is 16.5. The minimum absolute atomic E-state index is 0.367. The molecule has 0 N–H and O–H groups in total. The van der Waals surface area contributed by atoms with E-state index in [1.54, 1.807) is 25.4 Å². The standard InChI is InChI=1S/C18H20N6O3/c1-11-12(10-13-15(20-11)22(2)18(26)23(3)16(13)25)14-4-5-19-17(21-14)24-6-8-27-9-7-24/h4-5,10H,6-9H2,1-3H3. The van der Waals surface area contributed by atoms with Gasteiger partial charge in [0.1, 0.15) is 5.65 Å². The lowest BCUT2D eigenvalue weighted by atomic mass is 10.1. The van der Waals surface area contributed by atoms with Gasteiger partial charge < -0.3 is 9.64 Å². The molecule has 1 fully saturated rings. The van der Waals surface area contributed by atoms with Crippen LogP contribution in [-0.2, 0) is 18.8 Å². The summed E-state index contributed by atoms with van der Waals surface area (Å²) in [4.78, 5) is 40.3. The summed E-state index contributed by atoms with van der Waals surface area (Å²) in [5, 5.41) is 0.381. The van der Waals surface area contributed by atoms with Gasteiger partial charge in [-0.25, -0.2) is 19.7 Å². The number of pyridine rings is 1. The first-order valence-electron chi connectivity index (χ1n) is 8.71. The van der Waals surface area contributed by atoms with Gasteiger partial charge in [-0.05, 0) is 19.1 Å². The van der Waals surface area contributed by atoms with Gasteiger partial charge in [-0.1, -0.05) is 0 Å². The summed E-state index contributed by atoms with van der Waals surface area (Å²) >= 11 is 0. The molecule has 0 atom stereocenters. The van der Waals surface area contributed by atoms with Crippen molar-refractivity contribution in [2.24, 2.45) is 14.1 Å². The molecule has 0 radical (unpaired) electrons. The van der Waals surface area contributed by atoms with Gasteiger partial charge in [-0.15, -0.1) is 0 Å². The smallest absolute Gasteiger partial charge is 0.332 e. The number of ether oxygens (including phenoxy) is 1. The van der Waals surface area contributed by atoms with E-state index < -0.39 is 5.69 Å². The fraction of sp³-hybridized carbons (Fsp3) is 0.389. The molecule has 0 bridgehead atoms. The van der Waals surface area contributed by atoms with E-state index in [0.29, 0.717) is 41.6 Å². The average molecular weight is 368 g/mol. The third kappa shape index (κ3) is 2.89. The third-order valence-electron chi connectivity index (χ3n) is 4.83. The minimum Gasteiger partial charge on any atom is -0.378 e. The Labute approximate surface area is 154 Å². The second-order valence-corrected chi connectivity index (χ2v) is 6.54. The molecule has 0 aliphatic carbocycles. The lowest BCUT2D eigenvalue weighted by molar-refractivity contribution is 0.122. The fourth-order valence-electron chi connectivity index (χ4n) is 3.26. The van der Waals surface area contributed by atoms with E-state index in [9.17, 15) is 9.59 Å². The molecule has 0 aromatic carbocycles. The van der Waals surface area contributed by atoms with E-state index in [4.69, 9.17) is 4.74 Å². The summed E-state index contributed by atoms with van der Waals surface area (Å²) in [6.45, 7) is 4.61. The van der Waals surface area contributed by atoms with Crippen molar-refractivity contribution in [2.45, 2.75) is 6.92 Å². The molecule has 0 spiro atoms. The van der Waals surface area contributed by atoms with Crippen LogP contribution in [-0.4, -0.2) is 50.4 Å². The predicted molar refractivity (Wildman–Crippen MR) is 101 cm³/mol. The topological polar surface area (TPSA) is 95.1 Å². The zero-order valence-corrected chi connectivity index (χ0v) is 15.5. The number of aromatic nitrogens is 5. The van der Waals surface area contributed by atoms with Gasteiger partial charge in [-0.2, -0.15) is 0 Å². The lowest BCUT2D eigenvalue weighted by Crippen LogP contribution is -2.37. The quantitative estimate of drug-likeness (QED) is 0.639. The van der Waals surface area contributed by atoms with Crippen molar-refractivity contribution in [3.8, 4) is 11.3 Å². The molecule has 0 unspecified atom stereocenters. The molecule has 1 saturated heterocycles. The number of anilines is 1. The van der Waals surface area contributed by atoms with Crippen LogP contribution in [0.5, 0.6) is 0 Å². The van der Waals surface area contributed by atoms with Crippen molar-refractivity contribution in [2.75, 3.05) is 31.2 Å². The highest BCUT2D eigenvalue weighted by Gasteiger charge is 2.17. The van der Waals surface area contributed by atoms with E-state index in [1.165, 1.54) is 11.6 Å². The number of hydrogen-bond acceptors (Lipinski definition) is 7. The summed E-state index contributed by atoms with van der Waals surface area (Å²) in [6, 6.07) is 3.55. The summed E-state index contributed by atoms with van der Waals surface area (Å²) in [6.07, 6.45) is 1.70. The first-order valence-corrected chi connectivity index (χ1v) is 8.71. The molecule has 4 heterocycles. The van der Waals surface area contributed by atoms with E-state index in [1.807, 2.05) is 6.92 Å². The van der Waals surface area contributed by atoms with Gasteiger partial charge in [0.25, 0.3) is 5.56 Å². The van der Waals surface area contributed by atoms with E-state index >= 15 is 0 Å². The highest BCUT2D eigenvalue weighted by molar-refractivity contribution is 5.81.